The molecule has 4 aromatic carbocycles. The molecule has 0 saturated carbocycles. The van der Waals surface area contributed by atoms with Gasteiger partial charge in [0, 0.05) is 5.69 Å². The fraction of sp³-hybridized carbons (Fsp3) is 0.0690. The zero-order chi connectivity index (χ0) is 40.7. The van der Waals surface area contributed by atoms with E-state index in [1.807, 2.05) is 0 Å². The Kier molecular flexibility index (Phi) is 11.0. The maximum atomic E-state index is 12.5. The highest BCUT2D eigenvalue weighted by Gasteiger charge is 2.28. The van der Waals surface area contributed by atoms with Gasteiger partial charge in [0.2, 0.25) is 11.2 Å². The fourth-order valence-electron chi connectivity index (χ4n) is 4.81. The summed E-state index contributed by atoms with van der Waals surface area (Å²) in [4.78, 5) is 8.52. The number of nitrogens with two attached hydrogens (primary N) is 1. The smallest absolute Gasteiger partial charge is 0.296 e. The monoisotopic (exact) mass is 853 g/mol. The van der Waals surface area contributed by atoms with Gasteiger partial charge in [0.15, 0.2) is 15.6 Å². The van der Waals surface area contributed by atoms with Crippen LogP contribution in [-0.2, 0) is 40.2 Å². The average Bonchev–Trinajstić information content (AvgIpc) is 3.05. The first-order chi connectivity index (χ1) is 25.5. The molecule has 5 rings (SSSR count). The summed E-state index contributed by atoms with van der Waals surface area (Å²) in [6.07, 6.45) is 1.19. The Labute approximate surface area is 316 Å². The predicted octanol–water partition coefficient (Wildman–Crippen LogP) is 5.55. The standard InChI is InChI=1S/C29H24ClN9O12S4/c1-3-10-52(41,42)18-7-4-16(5-8-18)36-38-25-21(54(46,47)48)11-15-12-22(55(49,50)51)26(27(40)23(15)24(25)31)39-37-19-13-17(6-9-20(19)53(43,44)45)34-29-33-14(2)32-28(30)35-29/h3-9,11-13,40H,1,10,31H2,2H3,(H,43,44,45)(H,46,47,48)(H,49,50,51)(H,32,33,34,35). The molecule has 0 spiro atoms. The van der Waals surface area contributed by atoms with Crippen molar-refractivity contribution in [2.45, 2.75) is 26.5 Å². The number of phenolic OH excluding ortho intramolecular Hbond substituents is 1. The summed E-state index contributed by atoms with van der Waals surface area (Å²) in [7, 11) is -19.3. The first-order valence-electron chi connectivity index (χ1n) is 14.6. The molecule has 0 atom stereocenters. The SMILES string of the molecule is C=CCS(=O)(=O)c1ccc(N=Nc2c(S(=O)(=O)O)cc3cc(S(=O)(=O)O)c(N=Nc4cc(Nc5nc(C)nc(Cl)n5)ccc4S(=O)(=O)O)c(O)c3c2N)cc1. The summed E-state index contributed by atoms with van der Waals surface area (Å²) >= 11 is 5.86. The summed E-state index contributed by atoms with van der Waals surface area (Å²) in [5.74, 6) is -1.41. The van der Waals surface area contributed by atoms with Crippen molar-refractivity contribution in [3.05, 3.63) is 78.4 Å². The molecule has 0 saturated heterocycles. The van der Waals surface area contributed by atoms with E-state index in [0.717, 1.165) is 18.2 Å². The molecule has 0 fully saturated rings. The Morgan fingerprint density at radius 2 is 1.36 bits per heavy atom. The van der Waals surface area contributed by atoms with Gasteiger partial charge < -0.3 is 16.2 Å². The van der Waals surface area contributed by atoms with Crippen LogP contribution in [0.25, 0.3) is 10.8 Å². The van der Waals surface area contributed by atoms with Crippen LogP contribution in [0, 0.1) is 6.92 Å². The number of aromatic nitrogens is 3. The van der Waals surface area contributed by atoms with E-state index in [0.29, 0.717) is 12.1 Å². The number of hydrogen-bond donors (Lipinski definition) is 6. The van der Waals surface area contributed by atoms with Crippen LogP contribution in [0.3, 0.4) is 0 Å². The number of aromatic hydroxyl groups is 1. The van der Waals surface area contributed by atoms with Crippen LogP contribution in [-0.4, -0.2) is 73.1 Å². The molecule has 1 heterocycles. The van der Waals surface area contributed by atoms with E-state index in [4.69, 9.17) is 17.3 Å². The van der Waals surface area contributed by atoms with E-state index in [1.54, 1.807) is 0 Å². The van der Waals surface area contributed by atoms with Crippen LogP contribution in [0.5, 0.6) is 5.75 Å². The number of halogens is 1. The number of nitrogens with zero attached hydrogens (tertiary/aromatic N) is 7. The number of hydrogen-bond acceptors (Lipinski definition) is 18. The zero-order valence-corrected chi connectivity index (χ0v) is 31.5. The summed E-state index contributed by atoms with van der Waals surface area (Å²) in [5, 5.41) is 27.8. The molecule has 5 aromatic rings. The van der Waals surface area contributed by atoms with Gasteiger partial charge in [0.1, 0.15) is 37.6 Å². The summed E-state index contributed by atoms with van der Waals surface area (Å²) in [6, 6.07) is 9.09. The van der Waals surface area contributed by atoms with E-state index in [2.05, 4.69) is 47.3 Å². The Morgan fingerprint density at radius 3 is 1.93 bits per heavy atom. The lowest BCUT2D eigenvalue weighted by Crippen LogP contribution is -2.04. The van der Waals surface area contributed by atoms with Crippen LogP contribution in [0.2, 0.25) is 5.28 Å². The topological polar surface area (TPSA) is 344 Å². The van der Waals surface area contributed by atoms with Gasteiger partial charge in [-0.15, -0.1) is 21.9 Å². The van der Waals surface area contributed by atoms with Crippen molar-refractivity contribution in [1.29, 1.82) is 0 Å². The number of phenols is 1. The molecule has 288 valence electrons. The van der Waals surface area contributed by atoms with Crippen molar-refractivity contribution in [3.63, 3.8) is 0 Å². The number of sulfone groups is 1. The highest BCUT2D eigenvalue weighted by molar-refractivity contribution is 7.91. The van der Waals surface area contributed by atoms with Crippen LogP contribution in [0.4, 0.5) is 40.1 Å². The number of anilines is 3. The molecular weight excluding hydrogens is 830 g/mol. The van der Waals surface area contributed by atoms with Gasteiger partial charge in [-0.1, -0.05) is 6.08 Å². The quantitative estimate of drug-likeness (QED) is 0.0388. The second-order valence-corrected chi connectivity index (χ2v) is 17.5. The normalized spacial score (nSPS) is 12.8. The number of fused-ring (bicyclic) bond motifs is 1. The minimum Gasteiger partial charge on any atom is -0.505 e. The van der Waals surface area contributed by atoms with Gasteiger partial charge in [0.05, 0.1) is 27.4 Å². The van der Waals surface area contributed by atoms with Gasteiger partial charge in [-0.3, -0.25) is 13.7 Å². The third-order valence-corrected chi connectivity index (χ3v) is 11.6. The number of benzene rings is 4. The molecular formula is C29H24ClN9O12S4. The highest BCUT2D eigenvalue weighted by atomic mass is 35.5. The fourth-order valence-corrected chi connectivity index (χ4v) is 8.00. The molecule has 21 nitrogen and oxygen atoms in total. The van der Waals surface area contributed by atoms with Crippen molar-refractivity contribution in [1.82, 2.24) is 15.0 Å². The number of azo groups is 2. The van der Waals surface area contributed by atoms with Gasteiger partial charge in [-0.25, -0.2) is 13.4 Å². The summed E-state index contributed by atoms with van der Waals surface area (Å²) < 4.78 is 129. The maximum absolute atomic E-state index is 12.5. The van der Waals surface area contributed by atoms with E-state index in [9.17, 15) is 52.4 Å². The van der Waals surface area contributed by atoms with Crippen LogP contribution < -0.4 is 11.1 Å². The highest BCUT2D eigenvalue weighted by Crippen LogP contribution is 2.48. The zero-order valence-electron chi connectivity index (χ0n) is 27.5. The molecule has 0 aliphatic rings. The number of aryl methyl sites for hydroxylation is 1. The average molecular weight is 854 g/mol. The Hall–Kier alpha value is -5.54. The minimum absolute atomic E-state index is 0.0288. The molecule has 7 N–H and O–H groups in total. The van der Waals surface area contributed by atoms with Gasteiger partial charge in [-0.2, -0.15) is 40.3 Å². The summed E-state index contributed by atoms with van der Waals surface area (Å²) in [6.45, 7) is 4.89. The third-order valence-electron chi connectivity index (χ3n) is 7.14. The van der Waals surface area contributed by atoms with Crippen LogP contribution in [0.1, 0.15) is 5.82 Å². The lowest BCUT2D eigenvalue weighted by atomic mass is 10.1. The van der Waals surface area contributed by atoms with Crippen molar-refractivity contribution < 1.29 is 52.4 Å². The second kappa shape index (κ2) is 14.9. The number of nitrogen functional groups attached to an aromatic ring is 1. The van der Waals surface area contributed by atoms with Gasteiger partial charge in [0.25, 0.3) is 30.4 Å². The second-order valence-electron chi connectivity index (χ2n) is 11.0. The third kappa shape index (κ3) is 9.06. The molecule has 26 heteroatoms. The number of rotatable bonds is 12. The molecule has 0 bridgehead atoms. The molecule has 0 aliphatic carbocycles. The molecule has 0 unspecified atom stereocenters. The lowest BCUT2D eigenvalue weighted by molar-refractivity contribution is 0.472. The lowest BCUT2D eigenvalue weighted by Gasteiger charge is -2.14. The molecule has 55 heavy (non-hydrogen) atoms. The largest absolute Gasteiger partial charge is 0.505 e. The van der Waals surface area contributed by atoms with E-state index < -0.39 is 94.1 Å². The van der Waals surface area contributed by atoms with Crippen molar-refractivity contribution in [3.8, 4) is 5.75 Å². The molecule has 0 amide bonds. The van der Waals surface area contributed by atoms with Crippen LogP contribution in [0.15, 0.2) is 107 Å². The Balaban J connectivity index is 1.70. The minimum atomic E-state index is -5.35. The van der Waals surface area contributed by atoms with Gasteiger partial charge in [-0.05, 0) is 78.5 Å². The predicted molar refractivity (Wildman–Crippen MR) is 196 cm³/mol. The Bertz CT molecular complexity index is 2910. The van der Waals surface area contributed by atoms with Crippen molar-refractivity contribution in [2.24, 2.45) is 20.5 Å². The Morgan fingerprint density at radius 1 is 0.782 bits per heavy atom. The van der Waals surface area contributed by atoms with E-state index in [1.165, 1.54) is 37.3 Å². The van der Waals surface area contributed by atoms with Gasteiger partial charge >= 0.3 is 0 Å². The molecule has 1 aromatic heterocycles. The molecule has 0 radical (unpaired) electrons. The van der Waals surface area contributed by atoms with E-state index in [-0.39, 0.29) is 39.1 Å². The first kappa shape index (κ1) is 40.6. The summed E-state index contributed by atoms with van der Waals surface area (Å²) in [5.41, 5.74) is 3.00. The molecule has 0 aliphatic heterocycles. The maximum Gasteiger partial charge on any atom is 0.296 e. The van der Waals surface area contributed by atoms with E-state index >= 15 is 0 Å². The first-order valence-corrected chi connectivity index (χ1v) is 21.0. The number of nitrogens with one attached hydrogen (secondary N) is 1. The van der Waals surface area contributed by atoms with Crippen molar-refractivity contribution in [2.75, 3.05) is 16.8 Å². The van der Waals surface area contributed by atoms with Crippen molar-refractivity contribution >= 4 is 103 Å². The van der Waals surface area contributed by atoms with Crippen LogP contribution >= 0.6 is 11.6 Å².